The van der Waals surface area contributed by atoms with Crippen LogP contribution < -0.4 is 29.7 Å². The van der Waals surface area contributed by atoms with Crippen molar-refractivity contribution in [3.8, 4) is 23.0 Å². The number of nitrogens with zero attached hydrogens (tertiary/aromatic N) is 1. The number of aromatic nitrogens is 1. The zero-order chi connectivity index (χ0) is 22.9. The molecule has 0 radical (unpaired) electrons. The van der Waals surface area contributed by atoms with Gasteiger partial charge in [-0.05, 0) is 43.3 Å². The first-order chi connectivity index (χ1) is 15.5. The zero-order valence-corrected chi connectivity index (χ0v) is 18.3. The van der Waals surface area contributed by atoms with Gasteiger partial charge < -0.3 is 28.8 Å². The summed E-state index contributed by atoms with van der Waals surface area (Å²) in [5.74, 6) is 1.74. The Labute approximate surface area is 186 Å². The van der Waals surface area contributed by atoms with Crippen molar-refractivity contribution < 1.29 is 23.7 Å². The smallest absolute Gasteiger partial charge is 0.262 e. The lowest BCUT2D eigenvalue weighted by Gasteiger charge is -2.15. The topological polar surface area (TPSA) is 88.0 Å². The zero-order valence-electron chi connectivity index (χ0n) is 18.3. The van der Waals surface area contributed by atoms with Gasteiger partial charge in [0.1, 0.15) is 23.9 Å². The minimum absolute atomic E-state index is 0.132. The molecule has 0 bridgehead atoms. The average Bonchev–Trinajstić information content (AvgIpc) is 2.81. The predicted molar refractivity (Wildman–Crippen MR) is 121 cm³/mol. The summed E-state index contributed by atoms with van der Waals surface area (Å²) in [5.41, 5.74) is 0.849. The highest BCUT2D eigenvalue weighted by Gasteiger charge is 2.13. The number of rotatable bonds is 10. The fourth-order valence-electron chi connectivity index (χ4n) is 3.08. The molecule has 1 amide bonds. The van der Waals surface area contributed by atoms with Gasteiger partial charge in [-0.3, -0.25) is 9.59 Å². The minimum atomic E-state index is -0.397. The summed E-state index contributed by atoms with van der Waals surface area (Å²) < 4.78 is 23.5. The van der Waals surface area contributed by atoms with E-state index < -0.39 is 5.91 Å². The van der Waals surface area contributed by atoms with E-state index in [4.69, 9.17) is 18.9 Å². The Bertz CT molecular complexity index is 1110. The number of nitrogens with one attached hydrogen (secondary N) is 1. The number of ether oxygens (including phenoxy) is 4. The molecule has 168 valence electrons. The van der Waals surface area contributed by atoms with Crippen LogP contribution in [-0.4, -0.2) is 37.9 Å². The van der Waals surface area contributed by atoms with E-state index in [1.165, 1.54) is 13.2 Å². The SMILES string of the molecule is COc1ccc(OCCn2ccc(=O)c(OCC(=O)Nc3ccccc3OC)c2C)cc1. The Morgan fingerprint density at radius 1 is 0.938 bits per heavy atom. The van der Waals surface area contributed by atoms with Crippen LogP contribution in [0.15, 0.2) is 65.6 Å². The highest BCUT2D eigenvalue weighted by molar-refractivity contribution is 5.93. The first-order valence-corrected chi connectivity index (χ1v) is 10.0. The Morgan fingerprint density at radius 2 is 1.66 bits per heavy atom. The molecule has 8 nitrogen and oxygen atoms in total. The normalized spacial score (nSPS) is 10.3. The number of carbonyl (C=O) groups excluding carboxylic acids is 1. The molecule has 1 heterocycles. The van der Waals surface area contributed by atoms with E-state index in [9.17, 15) is 9.59 Å². The van der Waals surface area contributed by atoms with Gasteiger partial charge in [0.25, 0.3) is 5.91 Å². The van der Waals surface area contributed by atoms with Gasteiger partial charge >= 0.3 is 0 Å². The van der Waals surface area contributed by atoms with Crippen molar-refractivity contribution in [2.75, 3.05) is 32.8 Å². The van der Waals surface area contributed by atoms with Crippen molar-refractivity contribution in [3.05, 3.63) is 76.7 Å². The van der Waals surface area contributed by atoms with Crippen LogP contribution in [0.1, 0.15) is 5.69 Å². The fraction of sp³-hybridized carbons (Fsp3) is 0.250. The molecule has 1 aromatic heterocycles. The molecule has 0 atom stereocenters. The lowest BCUT2D eigenvalue weighted by atomic mass is 10.3. The lowest BCUT2D eigenvalue weighted by molar-refractivity contribution is -0.118. The number of hydrogen-bond donors (Lipinski definition) is 1. The van der Waals surface area contributed by atoms with E-state index in [1.54, 1.807) is 44.5 Å². The van der Waals surface area contributed by atoms with Gasteiger partial charge in [-0.25, -0.2) is 0 Å². The second-order valence-electron chi connectivity index (χ2n) is 6.85. The van der Waals surface area contributed by atoms with E-state index in [-0.39, 0.29) is 17.8 Å². The number of benzene rings is 2. The second kappa shape index (κ2) is 10.9. The molecule has 2 aromatic carbocycles. The van der Waals surface area contributed by atoms with Crippen molar-refractivity contribution in [1.82, 2.24) is 4.57 Å². The molecular formula is C24H26N2O6. The molecule has 0 spiro atoms. The third kappa shape index (κ3) is 5.81. The summed E-state index contributed by atoms with van der Waals surface area (Å²) >= 11 is 0. The summed E-state index contributed by atoms with van der Waals surface area (Å²) in [5, 5.41) is 2.72. The maximum absolute atomic E-state index is 12.3. The van der Waals surface area contributed by atoms with E-state index in [2.05, 4.69) is 5.32 Å². The van der Waals surface area contributed by atoms with Gasteiger partial charge in [0.15, 0.2) is 12.4 Å². The van der Waals surface area contributed by atoms with Crippen LogP contribution in [0.4, 0.5) is 5.69 Å². The number of anilines is 1. The van der Waals surface area contributed by atoms with E-state index >= 15 is 0 Å². The number of hydrogen-bond acceptors (Lipinski definition) is 6. The largest absolute Gasteiger partial charge is 0.497 e. The fourth-order valence-corrected chi connectivity index (χ4v) is 3.08. The van der Waals surface area contributed by atoms with Gasteiger partial charge in [-0.2, -0.15) is 0 Å². The quantitative estimate of drug-likeness (QED) is 0.523. The van der Waals surface area contributed by atoms with Crippen molar-refractivity contribution in [3.63, 3.8) is 0 Å². The summed E-state index contributed by atoms with van der Waals surface area (Å²) in [6.45, 7) is 2.36. The summed E-state index contributed by atoms with van der Waals surface area (Å²) in [6.07, 6.45) is 1.68. The van der Waals surface area contributed by atoms with E-state index in [0.717, 1.165) is 5.75 Å². The van der Waals surface area contributed by atoms with Gasteiger partial charge in [0.2, 0.25) is 5.43 Å². The maximum Gasteiger partial charge on any atom is 0.262 e. The maximum atomic E-state index is 12.3. The van der Waals surface area contributed by atoms with Crippen LogP contribution in [0.3, 0.4) is 0 Å². The molecule has 8 heteroatoms. The van der Waals surface area contributed by atoms with Crippen LogP contribution in [0.25, 0.3) is 0 Å². The summed E-state index contributed by atoms with van der Waals surface area (Å²) in [6, 6.07) is 15.8. The molecule has 3 aromatic rings. The molecule has 0 aliphatic rings. The first kappa shape index (κ1) is 22.7. The molecule has 32 heavy (non-hydrogen) atoms. The molecule has 0 aliphatic heterocycles. The second-order valence-corrected chi connectivity index (χ2v) is 6.85. The van der Waals surface area contributed by atoms with E-state index in [0.29, 0.717) is 36.0 Å². The Kier molecular flexibility index (Phi) is 7.75. The van der Waals surface area contributed by atoms with Crippen molar-refractivity contribution in [1.29, 1.82) is 0 Å². The number of carbonyl (C=O) groups is 1. The highest BCUT2D eigenvalue weighted by atomic mass is 16.5. The highest BCUT2D eigenvalue weighted by Crippen LogP contribution is 2.23. The third-order valence-electron chi connectivity index (χ3n) is 4.78. The lowest BCUT2D eigenvalue weighted by Crippen LogP contribution is -2.24. The standard InChI is InChI=1S/C24H26N2O6/c1-17-24(32-16-23(28)25-20-6-4-5-7-22(20)30-3)21(27)12-13-26(17)14-15-31-19-10-8-18(29-2)9-11-19/h4-13H,14-16H2,1-3H3,(H,25,28). The van der Waals surface area contributed by atoms with Crippen LogP contribution in [0, 0.1) is 6.92 Å². The number of pyridine rings is 1. The monoisotopic (exact) mass is 438 g/mol. The molecule has 1 N–H and O–H groups in total. The Morgan fingerprint density at radius 3 is 2.38 bits per heavy atom. The molecule has 0 fully saturated rings. The van der Waals surface area contributed by atoms with E-state index in [1.807, 2.05) is 28.8 Å². The van der Waals surface area contributed by atoms with Gasteiger partial charge in [-0.15, -0.1) is 0 Å². The molecule has 0 unspecified atom stereocenters. The molecule has 3 rings (SSSR count). The van der Waals surface area contributed by atoms with Crippen molar-refractivity contribution >= 4 is 11.6 Å². The first-order valence-electron chi connectivity index (χ1n) is 10.0. The number of amides is 1. The molecule has 0 saturated heterocycles. The predicted octanol–water partition coefficient (Wildman–Crippen LogP) is 3.27. The average molecular weight is 438 g/mol. The third-order valence-corrected chi connectivity index (χ3v) is 4.78. The van der Waals surface area contributed by atoms with Crippen LogP contribution in [-0.2, 0) is 11.3 Å². The van der Waals surface area contributed by atoms with Crippen molar-refractivity contribution in [2.24, 2.45) is 0 Å². The van der Waals surface area contributed by atoms with Crippen LogP contribution in [0.5, 0.6) is 23.0 Å². The summed E-state index contributed by atoms with van der Waals surface area (Å²) in [7, 11) is 3.13. The van der Waals surface area contributed by atoms with Gasteiger partial charge in [-0.1, -0.05) is 12.1 Å². The van der Waals surface area contributed by atoms with Gasteiger partial charge in [0, 0.05) is 12.3 Å². The summed E-state index contributed by atoms with van der Waals surface area (Å²) in [4.78, 5) is 24.6. The van der Waals surface area contributed by atoms with Crippen molar-refractivity contribution in [2.45, 2.75) is 13.5 Å². The van der Waals surface area contributed by atoms with Crippen LogP contribution in [0.2, 0.25) is 0 Å². The molecule has 0 aliphatic carbocycles. The Balaban J connectivity index is 1.59. The van der Waals surface area contributed by atoms with Crippen LogP contribution >= 0.6 is 0 Å². The number of methoxy groups -OCH3 is 2. The van der Waals surface area contributed by atoms with Gasteiger partial charge in [0.05, 0.1) is 32.1 Å². The minimum Gasteiger partial charge on any atom is -0.497 e. The molecule has 0 saturated carbocycles. The Hall–Kier alpha value is -3.94. The number of para-hydroxylation sites is 2. The molecular weight excluding hydrogens is 412 g/mol.